The zero-order valence-corrected chi connectivity index (χ0v) is 14.0. The van der Waals surface area contributed by atoms with Gasteiger partial charge in [0.2, 0.25) is 0 Å². The van der Waals surface area contributed by atoms with Gasteiger partial charge in [0.25, 0.3) is 0 Å². The maximum Gasteiger partial charge on any atom is 0.185 e. The van der Waals surface area contributed by atoms with E-state index in [1.807, 2.05) is 0 Å². The lowest BCUT2D eigenvalue weighted by atomic mass is 10.2. The van der Waals surface area contributed by atoms with E-state index in [0.29, 0.717) is 12.5 Å². The zero-order valence-electron chi connectivity index (χ0n) is 13.2. The summed E-state index contributed by atoms with van der Waals surface area (Å²) in [6.07, 6.45) is 0. The van der Waals surface area contributed by atoms with E-state index in [1.165, 1.54) is 4.88 Å². The van der Waals surface area contributed by atoms with Crippen molar-refractivity contribution in [3.8, 4) is 0 Å². The van der Waals surface area contributed by atoms with Crippen molar-refractivity contribution < 1.29 is 9.47 Å². The molecule has 0 aliphatic rings. The molecule has 0 saturated carbocycles. The summed E-state index contributed by atoms with van der Waals surface area (Å²) < 4.78 is 10.3. The van der Waals surface area contributed by atoms with Crippen molar-refractivity contribution in [1.29, 1.82) is 0 Å². The van der Waals surface area contributed by atoms with Gasteiger partial charge in [0, 0.05) is 45.8 Å². The maximum absolute atomic E-state index is 5.24. The second-order valence-corrected chi connectivity index (χ2v) is 6.31. The highest BCUT2D eigenvalue weighted by atomic mass is 32.1. The van der Waals surface area contributed by atoms with Crippen molar-refractivity contribution in [2.24, 2.45) is 5.92 Å². The molecular weight excluding hydrogens is 274 g/mol. The van der Waals surface area contributed by atoms with Gasteiger partial charge in [-0.05, 0) is 5.92 Å². The van der Waals surface area contributed by atoms with Gasteiger partial charge in [0.15, 0.2) is 5.13 Å². The summed E-state index contributed by atoms with van der Waals surface area (Å²) in [6.45, 7) is 8.39. The average Bonchev–Trinajstić information content (AvgIpc) is 2.78. The molecule has 0 aromatic carbocycles. The lowest BCUT2D eigenvalue weighted by Crippen LogP contribution is -2.22. The Hall–Kier alpha value is -0.690. The fourth-order valence-electron chi connectivity index (χ4n) is 1.92. The van der Waals surface area contributed by atoms with Crippen LogP contribution in [0.25, 0.3) is 0 Å². The SMILES string of the molecule is COCCNCc1sc(N(C)CC(C)C)nc1COC. The molecular formula is C14H27N3O2S. The van der Waals surface area contributed by atoms with E-state index < -0.39 is 0 Å². The van der Waals surface area contributed by atoms with Crippen molar-refractivity contribution >= 4 is 16.5 Å². The highest BCUT2D eigenvalue weighted by Gasteiger charge is 2.14. The standard InChI is InChI=1S/C14H27N3O2S/c1-11(2)9-17(3)14-16-12(10-19-5)13(20-14)8-15-6-7-18-4/h11,15H,6-10H2,1-5H3. The summed E-state index contributed by atoms with van der Waals surface area (Å²) in [5, 5.41) is 4.43. The van der Waals surface area contributed by atoms with Crippen LogP contribution in [0.2, 0.25) is 0 Å². The first kappa shape index (κ1) is 17.4. The number of rotatable bonds is 10. The predicted molar refractivity (Wildman–Crippen MR) is 84.5 cm³/mol. The number of nitrogens with zero attached hydrogens (tertiary/aromatic N) is 2. The van der Waals surface area contributed by atoms with Crippen LogP contribution in [-0.4, -0.2) is 45.9 Å². The molecule has 6 heteroatoms. The fourth-order valence-corrected chi connectivity index (χ4v) is 2.93. The zero-order chi connectivity index (χ0) is 15.0. The van der Waals surface area contributed by atoms with Gasteiger partial charge in [0.1, 0.15) is 0 Å². The molecule has 0 atom stereocenters. The number of anilines is 1. The minimum absolute atomic E-state index is 0.563. The number of thiazole rings is 1. The van der Waals surface area contributed by atoms with Gasteiger partial charge in [-0.2, -0.15) is 0 Å². The molecule has 0 radical (unpaired) electrons. The topological polar surface area (TPSA) is 46.6 Å². The van der Waals surface area contributed by atoms with Crippen LogP contribution in [0.15, 0.2) is 0 Å². The van der Waals surface area contributed by atoms with E-state index in [-0.39, 0.29) is 0 Å². The fraction of sp³-hybridized carbons (Fsp3) is 0.786. The molecule has 1 aromatic heterocycles. The van der Waals surface area contributed by atoms with Crippen LogP contribution in [0, 0.1) is 5.92 Å². The van der Waals surface area contributed by atoms with Gasteiger partial charge >= 0.3 is 0 Å². The molecule has 20 heavy (non-hydrogen) atoms. The smallest absolute Gasteiger partial charge is 0.185 e. The van der Waals surface area contributed by atoms with Crippen LogP contribution < -0.4 is 10.2 Å². The summed E-state index contributed by atoms with van der Waals surface area (Å²) in [7, 11) is 5.51. The van der Waals surface area contributed by atoms with E-state index >= 15 is 0 Å². The molecule has 0 aliphatic heterocycles. The Morgan fingerprint density at radius 3 is 2.65 bits per heavy atom. The van der Waals surface area contributed by atoms with Crippen molar-refractivity contribution in [2.45, 2.75) is 27.0 Å². The van der Waals surface area contributed by atoms with Crippen LogP contribution >= 0.6 is 11.3 Å². The minimum Gasteiger partial charge on any atom is -0.383 e. The summed E-state index contributed by atoms with van der Waals surface area (Å²) in [5.41, 5.74) is 1.04. The van der Waals surface area contributed by atoms with Crippen molar-refractivity contribution in [3.63, 3.8) is 0 Å². The van der Waals surface area contributed by atoms with Gasteiger partial charge in [-0.3, -0.25) is 0 Å². The molecule has 0 fully saturated rings. The molecule has 0 amide bonds. The van der Waals surface area contributed by atoms with Crippen molar-refractivity contribution in [3.05, 3.63) is 10.6 Å². The average molecular weight is 301 g/mol. The van der Waals surface area contributed by atoms with E-state index in [1.54, 1.807) is 25.6 Å². The Bertz CT molecular complexity index is 382. The van der Waals surface area contributed by atoms with Crippen LogP contribution in [0.4, 0.5) is 5.13 Å². The van der Waals surface area contributed by atoms with Crippen LogP contribution in [0.1, 0.15) is 24.4 Å². The highest BCUT2D eigenvalue weighted by Crippen LogP contribution is 2.26. The van der Waals surface area contributed by atoms with Crippen molar-refractivity contribution in [2.75, 3.05) is 45.9 Å². The number of aromatic nitrogens is 1. The molecule has 1 aromatic rings. The van der Waals surface area contributed by atoms with E-state index in [4.69, 9.17) is 14.5 Å². The summed E-state index contributed by atoms with van der Waals surface area (Å²) in [6, 6.07) is 0. The van der Waals surface area contributed by atoms with Crippen LogP contribution in [0.5, 0.6) is 0 Å². The lowest BCUT2D eigenvalue weighted by molar-refractivity contribution is 0.181. The Morgan fingerprint density at radius 2 is 2.05 bits per heavy atom. The number of nitrogens with one attached hydrogen (secondary N) is 1. The normalized spacial score (nSPS) is 11.3. The third-order valence-corrected chi connectivity index (χ3v) is 3.99. The molecule has 1 heterocycles. The Kier molecular flexibility index (Phi) is 8.06. The summed E-state index contributed by atoms with van der Waals surface area (Å²) >= 11 is 1.74. The molecule has 0 bridgehead atoms. The lowest BCUT2D eigenvalue weighted by Gasteiger charge is -2.17. The van der Waals surface area contributed by atoms with Gasteiger partial charge in [-0.1, -0.05) is 13.8 Å². The monoisotopic (exact) mass is 301 g/mol. The number of methoxy groups -OCH3 is 2. The molecule has 0 spiro atoms. The first-order valence-electron chi connectivity index (χ1n) is 6.96. The number of hydrogen-bond acceptors (Lipinski definition) is 6. The minimum atomic E-state index is 0.563. The first-order chi connectivity index (χ1) is 9.58. The van der Waals surface area contributed by atoms with E-state index in [9.17, 15) is 0 Å². The quantitative estimate of drug-likeness (QED) is 0.671. The molecule has 116 valence electrons. The van der Waals surface area contributed by atoms with Crippen LogP contribution in [-0.2, 0) is 22.6 Å². The van der Waals surface area contributed by atoms with Gasteiger partial charge in [0.05, 0.1) is 18.9 Å². The second-order valence-electron chi connectivity index (χ2n) is 5.24. The van der Waals surface area contributed by atoms with Gasteiger partial charge in [-0.25, -0.2) is 4.98 Å². The third-order valence-electron chi connectivity index (χ3n) is 2.78. The third kappa shape index (κ3) is 5.75. The Balaban J connectivity index is 2.68. The van der Waals surface area contributed by atoms with Crippen LogP contribution in [0.3, 0.4) is 0 Å². The van der Waals surface area contributed by atoms with Crippen molar-refractivity contribution in [1.82, 2.24) is 10.3 Å². The second kappa shape index (κ2) is 9.28. The predicted octanol–water partition coefficient (Wildman–Crippen LogP) is 2.12. The Morgan fingerprint density at radius 1 is 1.30 bits per heavy atom. The largest absolute Gasteiger partial charge is 0.383 e. The van der Waals surface area contributed by atoms with E-state index in [2.05, 4.69) is 31.1 Å². The molecule has 1 N–H and O–H groups in total. The maximum atomic E-state index is 5.24. The summed E-state index contributed by atoms with van der Waals surface area (Å²) in [5.74, 6) is 0.623. The van der Waals surface area contributed by atoms with Gasteiger partial charge < -0.3 is 19.7 Å². The molecule has 0 unspecified atom stereocenters. The first-order valence-corrected chi connectivity index (χ1v) is 7.78. The van der Waals surface area contributed by atoms with Gasteiger partial charge in [-0.15, -0.1) is 11.3 Å². The molecule has 1 rings (SSSR count). The summed E-state index contributed by atoms with van der Waals surface area (Å²) in [4.78, 5) is 8.16. The number of hydrogen-bond donors (Lipinski definition) is 1. The molecule has 0 saturated heterocycles. The van der Waals surface area contributed by atoms with E-state index in [0.717, 1.165) is 37.1 Å². The molecule has 5 nitrogen and oxygen atoms in total. The number of ether oxygens (including phenoxy) is 2. The molecule has 0 aliphatic carbocycles. The Labute approximate surface area is 126 Å². The highest BCUT2D eigenvalue weighted by molar-refractivity contribution is 7.15.